The average molecular weight is 494 g/mol. The van der Waals surface area contributed by atoms with Crippen LogP contribution in [0.3, 0.4) is 0 Å². The lowest BCUT2D eigenvalue weighted by atomic mass is 9.83. The predicted octanol–water partition coefficient (Wildman–Crippen LogP) is 1.92. The standard InChI is InChI=1S/C21H30F3N3O5S/c1-31-5-6-32-21(28)26-4-7-33(29,30)27-15-2-3-16(27)9-14(8-15)20(25)11-13-10-18(23)19(24)12-17(13)22/h10,12,14-16,20H,2-9,11,25H2,1H3,(H,26,28)/t14?,15-,16+,20-/m1/s1. The van der Waals surface area contributed by atoms with Crippen molar-refractivity contribution in [2.75, 3.05) is 32.6 Å². The topological polar surface area (TPSA) is 111 Å². The number of piperidine rings is 1. The van der Waals surface area contributed by atoms with Gasteiger partial charge in [0.25, 0.3) is 0 Å². The maximum absolute atomic E-state index is 14.0. The summed E-state index contributed by atoms with van der Waals surface area (Å²) in [4.78, 5) is 11.6. The Morgan fingerprint density at radius 1 is 1.15 bits per heavy atom. The maximum atomic E-state index is 14.0. The smallest absolute Gasteiger partial charge is 0.407 e. The molecule has 12 heteroatoms. The second-order valence-electron chi connectivity index (χ2n) is 8.54. The SMILES string of the molecule is COCCOC(=O)NCCS(=O)(=O)N1[C@@H]2CC[C@H]1CC([C@H](N)Cc1cc(F)c(F)cc1F)C2. The lowest BCUT2D eigenvalue weighted by Crippen LogP contribution is -2.51. The third-order valence-corrected chi connectivity index (χ3v) is 8.28. The third-order valence-electron chi connectivity index (χ3n) is 6.32. The summed E-state index contributed by atoms with van der Waals surface area (Å²) in [6.07, 6.45) is 1.73. The first-order valence-electron chi connectivity index (χ1n) is 10.9. The highest BCUT2D eigenvalue weighted by Gasteiger charge is 2.47. The molecule has 3 N–H and O–H groups in total. The number of benzene rings is 1. The monoisotopic (exact) mass is 493 g/mol. The molecule has 0 saturated carbocycles. The van der Waals surface area contributed by atoms with Crippen molar-refractivity contribution in [2.24, 2.45) is 11.7 Å². The van der Waals surface area contributed by atoms with Gasteiger partial charge in [0.15, 0.2) is 11.6 Å². The second kappa shape index (κ2) is 11.0. The molecule has 186 valence electrons. The second-order valence-corrected chi connectivity index (χ2v) is 10.5. The molecule has 0 aromatic heterocycles. The highest BCUT2D eigenvalue weighted by atomic mass is 32.2. The summed E-state index contributed by atoms with van der Waals surface area (Å²) in [5, 5.41) is 2.42. The van der Waals surface area contributed by atoms with Crippen molar-refractivity contribution < 1.29 is 35.9 Å². The van der Waals surface area contributed by atoms with Crippen molar-refractivity contribution in [1.82, 2.24) is 9.62 Å². The molecule has 1 aromatic rings. The largest absolute Gasteiger partial charge is 0.447 e. The first kappa shape index (κ1) is 25.7. The quantitative estimate of drug-likeness (QED) is 0.381. The highest BCUT2D eigenvalue weighted by Crippen LogP contribution is 2.41. The number of nitrogens with zero attached hydrogens (tertiary/aromatic N) is 1. The van der Waals surface area contributed by atoms with E-state index in [9.17, 15) is 26.4 Å². The number of rotatable bonds is 10. The fourth-order valence-electron chi connectivity index (χ4n) is 4.78. The minimum Gasteiger partial charge on any atom is -0.447 e. The van der Waals surface area contributed by atoms with E-state index in [2.05, 4.69) is 5.32 Å². The average Bonchev–Trinajstić information content (AvgIpc) is 3.03. The van der Waals surface area contributed by atoms with E-state index >= 15 is 0 Å². The normalized spacial score (nSPS) is 24.0. The van der Waals surface area contributed by atoms with Gasteiger partial charge in [0.2, 0.25) is 10.0 Å². The van der Waals surface area contributed by atoms with E-state index in [0.717, 1.165) is 6.07 Å². The van der Waals surface area contributed by atoms with Crippen LogP contribution in [0.15, 0.2) is 12.1 Å². The van der Waals surface area contributed by atoms with Crippen LogP contribution in [-0.2, 0) is 25.9 Å². The van der Waals surface area contributed by atoms with Crippen LogP contribution in [0.25, 0.3) is 0 Å². The van der Waals surface area contributed by atoms with Gasteiger partial charge in [-0.2, -0.15) is 4.31 Å². The molecule has 0 aliphatic carbocycles. The Morgan fingerprint density at radius 3 is 2.42 bits per heavy atom. The van der Waals surface area contributed by atoms with Crippen molar-refractivity contribution in [1.29, 1.82) is 0 Å². The van der Waals surface area contributed by atoms with Crippen LogP contribution >= 0.6 is 0 Å². The van der Waals surface area contributed by atoms with Crippen molar-refractivity contribution in [3.63, 3.8) is 0 Å². The Kier molecular flexibility index (Phi) is 8.59. The number of carbonyl (C=O) groups is 1. The highest BCUT2D eigenvalue weighted by molar-refractivity contribution is 7.89. The number of amides is 1. The maximum Gasteiger partial charge on any atom is 0.407 e. The summed E-state index contributed by atoms with van der Waals surface area (Å²) in [5.74, 6) is -3.55. The molecule has 0 spiro atoms. The van der Waals surface area contributed by atoms with Gasteiger partial charge < -0.3 is 20.5 Å². The molecule has 0 radical (unpaired) electrons. The van der Waals surface area contributed by atoms with E-state index in [-0.39, 0.29) is 55.5 Å². The van der Waals surface area contributed by atoms with E-state index in [1.165, 1.54) is 11.4 Å². The van der Waals surface area contributed by atoms with E-state index < -0.39 is 39.6 Å². The number of sulfonamides is 1. The molecule has 2 saturated heterocycles. The minimum atomic E-state index is -3.62. The number of hydrogen-bond acceptors (Lipinski definition) is 6. The van der Waals surface area contributed by atoms with Crippen LogP contribution in [0.5, 0.6) is 0 Å². The molecule has 3 rings (SSSR count). The molecule has 1 aromatic carbocycles. The molecule has 2 heterocycles. The molecule has 1 amide bonds. The van der Waals surface area contributed by atoms with Gasteiger partial charge in [0, 0.05) is 37.8 Å². The molecule has 1 unspecified atom stereocenters. The summed E-state index contributed by atoms with van der Waals surface area (Å²) in [6, 6.07) is 0.367. The van der Waals surface area contributed by atoms with Crippen LogP contribution in [0.2, 0.25) is 0 Å². The molecule has 4 atom stereocenters. The lowest BCUT2D eigenvalue weighted by Gasteiger charge is -2.40. The zero-order chi connectivity index (χ0) is 24.2. The van der Waals surface area contributed by atoms with Gasteiger partial charge in [-0.15, -0.1) is 0 Å². The fourth-order valence-corrected chi connectivity index (χ4v) is 6.64. The van der Waals surface area contributed by atoms with Crippen LogP contribution < -0.4 is 11.1 Å². The van der Waals surface area contributed by atoms with Gasteiger partial charge in [-0.3, -0.25) is 0 Å². The van der Waals surface area contributed by atoms with Gasteiger partial charge in [0.05, 0.1) is 12.4 Å². The first-order chi connectivity index (χ1) is 15.6. The number of alkyl carbamates (subject to hydrolysis) is 1. The summed E-state index contributed by atoms with van der Waals surface area (Å²) in [6.45, 7) is 0.235. The molecular formula is C21H30F3N3O5S. The van der Waals surface area contributed by atoms with Gasteiger partial charge in [-0.05, 0) is 49.7 Å². The molecular weight excluding hydrogens is 463 g/mol. The lowest BCUT2D eigenvalue weighted by molar-refractivity contribution is 0.0989. The zero-order valence-corrected chi connectivity index (χ0v) is 19.3. The van der Waals surface area contributed by atoms with Gasteiger partial charge in [-0.1, -0.05) is 0 Å². The van der Waals surface area contributed by atoms with Crippen molar-refractivity contribution in [2.45, 2.75) is 50.2 Å². The third kappa shape index (κ3) is 6.37. The van der Waals surface area contributed by atoms with Crippen molar-refractivity contribution in [3.8, 4) is 0 Å². The van der Waals surface area contributed by atoms with Crippen LogP contribution in [-0.4, -0.2) is 69.6 Å². The van der Waals surface area contributed by atoms with E-state index in [1.54, 1.807) is 0 Å². The molecule has 2 bridgehead atoms. The summed E-state index contributed by atoms with van der Waals surface area (Å²) in [7, 11) is -2.15. The Labute approximate surface area is 191 Å². The number of fused-ring (bicyclic) bond motifs is 2. The van der Waals surface area contributed by atoms with E-state index in [4.69, 9.17) is 15.2 Å². The number of hydrogen-bond donors (Lipinski definition) is 2. The van der Waals surface area contributed by atoms with Crippen molar-refractivity contribution >= 4 is 16.1 Å². The summed E-state index contributed by atoms with van der Waals surface area (Å²) >= 11 is 0. The Morgan fingerprint density at radius 2 is 1.79 bits per heavy atom. The van der Waals surface area contributed by atoms with E-state index in [1.807, 2.05) is 0 Å². The van der Waals surface area contributed by atoms with Gasteiger partial charge in [-0.25, -0.2) is 26.4 Å². The van der Waals surface area contributed by atoms with Crippen LogP contribution in [0, 0.1) is 23.4 Å². The summed E-state index contributed by atoms with van der Waals surface area (Å²) in [5.41, 5.74) is 6.29. The van der Waals surface area contributed by atoms with Gasteiger partial charge in [0.1, 0.15) is 12.4 Å². The molecule has 2 aliphatic heterocycles. The Balaban J connectivity index is 1.55. The number of ether oxygens (including phenoxy) is 2. The van der Waals surface area contributed by atoms with Crippen molar-refractivity contribution in [3.05, 3.63) is 35.1 Å². The van der Waals surface area contributed by atoms with Crippen LogP contribution in [0.1, 0.15) is 31.2 Å². The Hall–Kier alpha value is -1.89. The molecule has 2 fully saturated rings. The zero-order valence-electron chi connectivity index (χ0n) is 18.4. The number of methoxy groups -OCH3 is 1. The molecule has 2 aliphatic rings. The van der Waals surface area contributed by atoms with Crippen LogP contribution in [0.4, 0.5) is 18.0 Å². The van der Waals surface area contributed by atoms with E-state index in [0.29, 0.717) is 31.7 Å². The Bertz CT molecular complexity index is 935. The first-order valence-corrected chi connectivity index (χ1v) is 12.5. The number of nitrogens with one attached hydrogen (secondary N) is 1. The number of halogens is 3. The van der Waals surface area contributed by atoms with Gasteiger partial charge >= 0.3 is 6.09 Å². The minimum absolute atomic E-state index is 0.00672. The molecule has 33 heavy (non-hydrogen) atoms. The predicted molar refractivity (Wildman–Crippen MR) is 114 cm³/mol. The fraction of sp³-hybridized carbons (Fsp3) is 0.667. The number of nitrogens with two attached hydrogens (primary N) is 1. The molecule has 8 nitrogen and oxygen atoms in total. The summed E-state index contributed by atoms with van der Waals surface area (Å²) < 4.78 is 77.7. The number of carbonyl (C=O) groups excluding carboxylic acids is 1.